The Balaban J connectivity index is 1.41. The Morgan fingerprint density at radius 3 is 2.45 bits per heavy atom. The highest BCUT2D eigenvalue weighted by molar-refractivity contribution is 7.17. The van der Waals surface area contributed by atoms with Gasteiger partial charge in [-0.2, -0.15) is 5.10 Å². The van der Waals surface area contributed by atoms with Crippen molar-refractivity contribution < 1.29 is 0 Å². The molecule has 0 amide bonds. The van der Waals surface area contributed by atoms with Crippen molar-refractivity contribution in [2.24, 2.45) is 0 Å². The van der Waals surface area contributed by atoms with Crippen LogP contribution in [0.4, 0.5) is 0 Å². The highest BCUT2D eigenvalue weighted by atomic mass is 32.1. The minimum atomic E-state index is 0.516. The average molecular weight is 428 g/mol. The summed E-state index contributed by atoms with van der Waals surface area (Å²) in [4.78, 5) is 0. The fourth-order valence-corrected chi connectivity index (χ4v) is 6.00. The molecular weight excluding hydrogens is 398 g/mol. The number of thiophene rings is 1. The van der Waals surface area contributed by atoms with Gasteiger partial charge in [0, 0.05) is 23.4 Å². The largest absolute Gasteiger partial charge is 0.316 e. The van der Waals surface area contributed by atoms with Crippen LogP contribution in [0.5, 0.6) is 0 Å². The molecule has 2 aromatic heterocycles. The van der Waals surface area contributed by atoms with Crippen molar-refractivity contribution >= 4 is 21.4 Å². The van der Waals surface area contributed by atoms with E-state index in [1.165, 1.54) is 58.2 Å². The molecule has 2 heterocycles. The number of nitrogens with one attached hydrogen (secondary N) is 1. The molecule has 4 aromatic rings. The molecule has 1 saturated carbocycles. The van der Waals surface area contributed by atoms with E-state index >= 15 is 0 Å². The molecule has 5 rings (SSSR count). The average Bonchev–Trinajstić information content (AvgIpc) is 3.31. The summed E-state index contributed by atoms with van der Waals surface area (Å²) in [6.45, 7) is 3.06. The maximum atomic E-state index is 4.81. The van der Waals surface area contributed by atoms with Crippen molar-refractivity contribution in [2.45, 2.75) is 51.0 Å². The van der Waals surface area contributed by atoms with E-state index in [2.05, 4.69) is 72.2 Å². The molecule has 1 aliphatic rings. The van der Waals surface area contributed by atoms with Gasteiger partial charge in [0.15, 0.2) is 0 Å². The predicted octanol–water partition coefficient (Wildman–Crippen LogP) is 6.83. The summed E-state index contributed by atoms with van der Waals surface area (Å²) in [5, 5.41) is 16.3. The van der Waals surface area contributed by atoms with E-state index in [9.17, 15) is 0 Å². The van der Waals surface area contributed by atoms with E-state index in [1.807, 2.05) is 18.4 Å². The number of aromatic nitrogens is 2. The van der Waals surface area contributed by atoms with E-state index < -0.39 is 0 Å². The summed E-state index contributed by atoms with van der Waals surface area (Å²) in [5.41, 5.74) is 7.49. The van der Waals surface area contributed by atoms with Crippen LogP contribution >= 0.6 is 11.3 Å². The third-order valence-corrected chi connectivity index (χ3v) is 7.72. The van der Waals surface area contributed by atoms with Crippen molar-refractivity contribution in [3.05, 3.63) is 82.4 Å². The van der Waals surface area contributed by atoms with Gasteiger partial charge in [-0.3, -0.25) is 0 Å². The van der Waals surface area contributed by atoms with Crippen LogP contribution < -0.4 is 5.32 Å². The number of rotatable bonds is 5. The molecule has 1 N–H and O–H groups in total. The lowest BCUT2D eigenvalue weighted by molar-refractivity contribution is 0.391. The Morgan fingerprint density at radius 1 is 0.935 bits per heavy atom. The van der Waals surface area contributed by atoms with E-state index in [4.69, 9.17) is 10.2 Å². The molecule has 0 radical (unpaired) electrons. The number of benzene rings is 2. The zero-order chi connectivity index (χ0) is 21.2. The second-order valence-corrected chi connectivity index (χ2v) is 9.64. The van der Waals surface area contributed by atoms with Gasteiger partial charge in [-0.05, 0) is 79.8 Å². The van der Waals surface area contributed by atoms with Crippen LogP contribution in [0.3, 0.4) is 0 Å². The lowest BCUT2D eigenvalue weighted by atomic mass is 9.77. The summed E-state index contributed by atoms with van der Waals surface area (Å²) in [5.74, 6) is 1.20. The Hall–Kier alpha value is -2.56. The van der Waals surface area contributed by atoms with E-state index in [0.717, 1.165) is 17.8 Å². The fraction of sp³-hybridized carbons (Fsp3) is 0.333. The smallest absolute Gasteiger partial charge is 0.102 e. The molecule has 31 heavy (non-hydrogen) atoms. The van der Waals surface area contributed by atoms with Crippen molar-refractivity contribution in [3.8, 4) is 11.3 Å². The lowest BCUT2D eigenvalue weighted by Crippen LogP contribution is -2.14. The van der Waals surface area contributed by atoms with Gasteiger partial charge in [0.05, 0.1) is 10.4 Å². The third-order valence-electron chi connectivity index (χ3n) is 6.78. The minimum absolute atomic E-state index is 0.516. The van der Waals surface area contributed by atoms with Gasteiger partial charge in [0.1, 0.15) is 5.69 Å². The molecule has 2 aromatic carbocycles. The predicted molar refractivity (Wildman–Crippen MR) is 131 cm³/mol. The Bertz CT molecular complexity index is 1170. The van der Waals surface area contributed by atoms with Gasteiger partial charge in [-0.15, -0.1) is 16.4 Å². The monoisotopic (exact) mass is 427 g/mol. The van der Waals surface area contributed by atoms with Crippen LogP contribution in [0.15, 0.2) is 60.0 Å². The fourth-order valence-electron chi connectivity index (χ4n) is 5.03. The summed E-state index contributed by atoms with van der Waals surface area (Å²) in [6.07, 6.45) is 4.85. The summed E-state index contributed by atoms with van der Waals surface area (Å²) < 4.78 is 1.32. The molecule has 0 saturated heterocycles. The molecular formula is C27H29N3S. The van der Waals surface area contributed by atoms with Crippen molar-refractivity contribution in [1.29, 1.82) is 0 Å². The van der Waals surface area contributed by atoms with Crippen LogP contribution in [0.2, 0.25) is 0 Å². The van der Waals surface area contributed by atoms with E-state index in [-0.39, 0.29) is 0 Å². The number of fused-ring (bicyclic) bond motifs is 1. The second-order valence-electron chi connectivity index (χ2n) is 8.73. The number of nitrogens with zero attached hydrogens (tertiary/aromatic N) is 2. The lowest BCUT2D eigenvalue weighted by Gasteiger charge is -2.28. The van der Waals surface area contributed by atoms with Crippen LogP contribution in [0, 0.1) is 6.92 Å². The van der Waals surface area contributed by atoms with Crippen molar-refractivity contribution in [1.82, 2.24) is 15.5 Å². The Morgan fingerprint density at radius 2 is 1.71 bits per heavy atom. The van der Waals surface area contributed by atoms with Crippen LogP contribution in [0.1, 0.15) is 59.9 Å². The zero-order valence-electron chi connectivity index (χ0n) is 18.3. The van der Waals surface area contributed by atoms with Crippen LogP contribution in [-0.2, 0) is 6.54 Å². The van der Waals surface area contributed by atoms with Crippen molar-refractivity contribution in [2.75, 3.05) is 7.05 Å². The van der Waals surface area contributed by atoms with Gasteiger partial charge < -0.3 is 5.32 Å². The molecule has 0 atom stereocenters. The second kappa shape index (κ2) is 8.89. The topological polar surface area (TPSA) is 37.8 Å². The third kappa shape index (κ3) is 4.02. The van der Waals surface area contributed by atoms with Gasteiger partial charge in [0.25, 0.3) is 0 Å². The first-order valence-electron chi connectivity index (χ1n) is 11.3. The minimum Gasteiger partial charge on any atom is -0.316 e. The molecule has 0 spiro atoms. The number of hydrogen-bond acceptors (Lipinski definition) is 4. The highest BCUT2D eigenvalue weighted by Crippen LogP contribution is 2.43. The summed E-state index contributed by atoms with van der Waals surface area (Å²) in [7, 11) is 1.99. The summed E-state index contributed by atoms with van der Waals surface area (Å²) in [6, 6.07) is 19.9. The van der Waals surface area contributed by atoms with Crippen LogP contribution in [0.25, 0.3) is 21.3 Å². The standard InChI is InChI=1S/C27H29N3S/c1-18-16-22(12-13-23(18)17-28-2)25-24-14-15-31-27(24)26(30-29-25)21-10-8-20(9-11-21)19-6-4-3-5-7-19/h3-7,12-16,20-21,28H,8-11,17H2,1-2H3. The quantitative estimate of drug-likeness (QED) is 0.379. The Kier molecular flexibility index (Phi) is 5.84. The normalized spacial score (nSPS) is 19.0. The molecule has 158 valence electrons. The molecule has 0 unspecified atom stereocenters. The van der Waals surface area contributed by atoms with Gasteiger partial charge >= 0.3 is 0 Å². The zero-order valence-corrected chi connectivity index (χ0v) is 19.1. The molecule has 0 bridgehead atoms. The Labute approximate surface area is 188 Å². The van der Waals surface area contributed by atoms with E-state index in [0.29, 0.717) is 11.8 Å². The van der Waals surface area contributed by atoms with Gasteiger partial charge in [-0.25, -0.2) is 0 Å². The van der Waals surface area contributed by atoms with Crippen LogP contribution in [-0.4, -0.2) is 17.2 Å². The van der Waals surface area contributed by atoms with Gasteiger partial charge in [0.2, 0.25) is 0 Å². The number of aryl methyl sites for hydroxylation is 1. The molecule has 4 heteroatoms. The molecule has 1 fully saturated rings. The van der Waals surface area contributed by atoms with Crippen molar-refractivity contribution in [3.63, 3.8) is 0 Å². The molecule has 0 aliphatic heterocycles. The molecule has 3 nitrogen and oxygen atoms in total. The van der Waals surface area contributed by atoms with E-state index in [1.54, 1.807) is 0 Å². The maximum Gasteiger partial charge on any atom is 0.102 e. The molecule has 1 aliphatic carbocycles. The highest BCUT2D eigenvalue weighted by Gasteiger charge is 2.27. The maximum absolute atomic E-state index is 4.81. The van der Waals surface area contributed by atoms with Gasteiger partial charge in [-0.1, -0.05) is 42.5 Å². The summed E-state index contributed by atoms with van der Waals surface area (Å²) >= 11 is 1.82. The number of hydrogen-bond donors (Lipinski definition) is 1. The first-order chi connectivity index (χ1) is 15.2. The first kappa shape index (κ1) is 20.3. The first-order valence-corrected chi connectivity index (χ1v) is 12.2. The SMILES string of the molecule is CNCc1ccc(-c2nnc(C3CCC(c4ccccc4)CC3)c3sccc23)cc1C.